The molecule has 1 atom stereocenters. The summed E-state index contributed by atoms with van der Waals surface area (Å²) >= 11 is 1.85. The molecule has 19 heavy (non-hydrogen) atoms. The summed E-state index contributed by atoms with van der Waals surface area (Å²) in [6.07, 6.45) is 6.50. The highest BCUT2D eigenvalue weighted by atomic mass is 32.2. The van der Waals surface area contributed by atoms with Crippen LogP contribution in [0.3, 0.4) is 0 Å². The molecule has 112 valence electrons. The van der Waals surface area contributed by atoms with E-state index in [4.69, 9.17) is 5.11 Å². The molecule has 0 unspecified atom stereocenters. The van der Waals surface area contributed by atoms with Crippen LogP contribution >= 0.6 is 11.8 Å². The van der Waals surface area contributed by atoms with Gasteiger partial charge in [-0.25, -0.2) is 9.59 Å². The van der Waals surface area contributed by atoms with Gasteiger partial charge in [0.15, 0.2) is 0 Å². The summed E-state index contributed by atoms with van der Waals surface area (Å²) in [6.45, 7) is 4.13. The van der Waals surface area contributed by atoms with Crippen LogP contribution in [0.2, 0.25) is 0 Å². The number of carbonyl (C=O) groups excluding carboxylic acids is 1. The maximum atomic E-state index is 11.5. The van der Waals surface area contributed by atoms with Crippen molar-refractivity contribution in [2.75, 3.05) is 18.6 Å². The minimum absolute atomic E-state index is 0.130. The van der Waals surface area contributed by atoms with Gasteiger partial charge in [0.2, 0.25) is 0 Å². The van der Waals surface area contributed by atoms with E-state index in [1.165, 1.54) is 18.6 Å². The van der Waals surface area contributed by atoms with E-state index in [9.17, 15) is 9.59 Å². The number of hydrogen-bond acceptors (Lipinski definition) is 3. The highest BCUT2D eigenvalue weighted by molar-refractivity contribution is 7.98. The molecule has 0 spiro atoms. The number of carboxylic acids is 1. The van der Waals surface area contributed by atoms with Crippen molar-refractivity contribution in [3.05, 3.63) is 0 Å². The Morgan fingerprint density at radius 2 is 1.79 bits per heavy atom. The minimum atomic E-state index is -0.998. The van der Waals surface area contributed by atoms with E-state index in [1.54, 1.807) is 13.8 Å². The van der Waals surface area contributed by atoms with Gasteiger partial charge in [0.25, 0.3) is 0 Å². The zero-order valence-electron chi connectivity index (χ0n) is 12.1. The van der Waals surface area contributed by atoms with Crippen molar-refractivity contribution in [1.29, 1.82) is 0 Å². The summed E-state index contributed by atoms with van der Waals surface area (Å²) in [5.74, 6) is 0.0554. The molecule has 0 heterocycles. The summed E-state index contributed by atoms with van der Waals surface area (Å²) < 4.78 is 0. The van der Waals surface area contributed by atoms with Crippen LogP contribution in [0.1, 0.15) is 39.5 Å². The van der Waals surface area contributed by atoms with Crippen LogP contribution in [-0.4, -0.2) is 41.7 Å². The highest BCUT2D eigenvalue weighted by Gasteiger charge is 2.22. The van der Waals surface area contributed by atoms with E-state index in [0.717, 1.165) is 12.8 Å². The number of hydrogen-bond donors (Lipinski definition) is 3. The third-order valence-electron chi connectivity index (χ3n) is 2.78. The normalized spacial score (nSPS) is 12.2. The standard InChI is InChI=1S/C13H26N2O3S/c1-10(2)11(12(16)17)15-13(18)14-8-6-4-5-7-9-19-3/h10-11H,4-9H2,1-3H3,(H,16,17)(H2,14,15,18)/t11-/m0/s1. The van der Waals surface area contributed by atoms with Crippen molar-refractivity contribution in [2.24, 2.45) is 5.92 Å². The minimum Gasteiger partial charge on any atom is -0.480 e. The van der Waals surface area contributed by atoms with Crippen molar-refractivity contribution in [2.45, 2.75) is 45.6 Å². The van der Waals surface area contributed by atoms with E-state index in [2.05, 4.69) is 16.9 Å². The summed E-state index contributed by atoms with van der Waals surface area (Å²) in [5, 5.41) is 14.1. The Bertz CT molecular complexity index is 273. The molecule has 0 aliphatic heterocycles. The Balaban J connectivity index is 3.66. The summed E-state index contributed by atoms with van der Waals surface area (Å²) in [7, 11) is 0. The van der Waals surface area contributed by atoms with Gasteiger partial charge in [-0.05, 0) is 30.8 Å². The summed E-state index contributed by atoms with van der Waals surface area (Å²) in [6, 6.07) is -1.23. The Hall–Kier alpha value is -0.910. The molecule has 0 aliphatic rings. The van der Waals surface area contributed by atoms with Crippen molar-refractivity contribution in [1.82, 2.24) is 10.6 Å². The van der Waals surface area contributed by atoms with E-state index in [1.807, 2.05) is 11.8 Å². The number of aliphatic carboxylic acids is 1. The first-order valence-corrected chi connectivity index (χ1v) is 8.14. The number of thioether (sulfide) groups is 1. The molecule has 0 aromatic rings. The van der Waals surface area contributed by atoms with Gasteiger partial charge in [-0.3, -0.25) is 0 Å². The number of carboxylic acid groups (broad SMARTS) is 1. The average molecular weight is 290 g/mol. The largest absolute Gasteiger partial charge is 0.480 e. The van der Waals surface area contributed by atoms with E-state index in [-0.39, 0.29) is 5.92 Å². The number of urea groups is 1. The molecule has 5 nitrogen and oxygen atoms in total. The quantitative estimate of drug-likeness (QED) is 0.540. The topological polar surface area (TPSA) is 78.4 Å². The van der Waals surface area contributed by atoms with Crippen molar-refractivity contribution < 1.29 is 14.7 Å². The fraction of sp³-hybridized carbons (Fsp3) is 0.846. The molecule has 0 aromatic carbocycles. The Morgan fingerprint density at radius 1 is 1.16 bits per heavy atom. The first-order chi connectivity index (χ1) is 8.99. The molecular weight excluding hydrogens is 264 g/mol. The lowest BCUT2D eigenvalue weighted by Gasteiger charge is -2.18. The van der Waals surface area contributed by atoms with Crippen LogP contribution in [0.15, 0.2) is 0 Å². The van der Waals surface area contributed by atoms with Gasteiger partial charge in [0, 0.05) is 6.54 Å². The van der Waals surface area contributed by atoms with Gasteiger partial charge in [-0.2, -0.15) is 11.8 Å². The van der Waals surface area contributed by atoms with Crippen LogP contribution in [0.4, 0.5) is 4.79 Å². The summed E-state index contributed by atoms with van der Waals surface area (Å²) in [4.78, 5) is 22.4. The molecule has 3 N–H and O–H groups in total. The summed E-state index contributed by atoms with van der Waals surface area (Å²) in [5.41, 5.74) is 0. The second kappa shape index (κ2) is 11.0. The lowest BCUT2D eigenvalue weighted by Crippen LogP contribution is -2.48. The maximum absolute atomic E-state index is 11.5. The fourth-order valence-corrected chi connectivity index (χ4v) is 2.13. The maximum Gasteiger partial charge on any atom is 0.326 e. The second-order valence-corrected chi connectivity index (χ2v) is 5.85. The van der Waals surface area contributed by atoms with Crippen LogP contribution in [0, 0.1) is 5.92 Å². The molecule has 0 rings (SSSR count). The molecule has 0 radical (unpaired) electrons. The molecule has 0 saturated carbocycles. The van der Waals surface area contributed by atoms with Gasteiger partial charge in [0.1, 0.15) is 6.04 Å². The lowest BCUT2D eigenvalue weighted by atomic mass is 10.1. The molecule has 6 heteroatoms. The van der Waals surface area contributed by atoms with Crippen LogP contribution in [-0.2, 0) is 4.79 Å². The van der Waals surface area contributed by atoms with Gasteiger partial charge in [-0.15, -0.1) is 0 Å². The van der Waals surface area contributed by atoms with Gasteiger partial charge >= 0.3 is 12.0 Å². The molecule has 2 amide bonds. The van der Waals surface area contributed by atoms with Crippen LogP contribution < -0.4 is 10.6 Å². The third kappa shape index (κ3) is 9.64. The number of rotatable bonds is 10. The van der Waals surface area contributed by atoms with Gasteiger partial charge in [-0.1, -0.05) is 26.7 Å². The molecule has 0 fully saturated rings. The lowest BCUT2D eigenvalue weighted by molar-refractivity contribution is -0.140. The monoisotopic (exact) mass is 290 g/mol. The predicted molar refractivity (Wildman–Crippen MR) is 79.6 cm³/mol. The number of unbranched alkanes of at least 4 members (excludes halogenated alkanes) is 3. The van der Waals surface area contributed by atoms with E-state index >= 15 is 0 Å². The Morgan fingerprint density at radius 3 is 2.32 bits per heavy atom. The molecule has 0 bridgehead atoms. The smallest absolute Gasteiger partial charge is 0.326 e. The van der Waals surface area contributed by atoms with Crippen LogP contribution in [0.25, 0.3) is 0 Å². The highest BCUT2D eigenvalue weighted by Crippen LogP contribution is 2.04. The number of nitrogens with one attached hydrogen (secondary N) is 2. The van der Waals surface area contributed by atoms with E-state index in [0.29, 0.717) is 6.54 Å². The van der Waals surface area contributed by atoms with Crippen molar-refractivity contribution in [3.8, 4) is 0 Å². The molecule has 0 aromatic heterocycles. The molecule has 0 aliphatic carbocycles. The third-order valence-corrected chi connectivity index (χ3v) is 3.48. The zero-order chi connectivity index (χ0) is 14.7. The average Bonchev–Trinajstić information content (AvgIpc) is 2.34. The van der Waals surface area contributed by atoms with Crippen molar-refractivity contribution >= 4 is 23.8 Å². The van der Waals surface area contributed by atoms with E-state index < -0.39 is 18.0 Å². The zero-order valence-corrected chi connectivity index (χ0v) is 12.9. The first kappa shape index (κ1) is 18.1. The Kier molecular flexibility index (Phi) is 10.4. The molecular formula is C13H26N2O3S. The number of carbonyl (C=O) groups is 2. The fourth-order valence-electron chi connectivity index (χ4n) is 1.63. The first-order valence-electron chi connectivity index (χ1n) is 6.75. The SMILES string of the molecule is CSCCCCCCNC(=O)N[C@H](C(=O)O)C(C)C. The second-order valence-electron chi connectivity index (χ2n) is 4.87. The van der Waals surface area contributed by atoms with Gasteiger partial charge in [0.05, 0.1) is 0 Å². The predicted octanol–water partition coefficient (Wildman–Crippen LogP) is 2.32. The van der Waals surface area contributed by atoms with Gasteiger partial charge < -0.3 is 15.7 Å². The Labute approximate surface area is 119 Å². The molecule has 0 saturated heterocycles. The number of amides is 2. The van der Waals surface area contributed by atoms with Crippen LogP contribution in [0.5, 0.6) is 0 Å². The van der Waals surface area contributed by atoms with Crippen molar-refractivity contribution in [3.63, 3.8) is 0 Å².